The van der Waals surface area contributed by atoms with E-state index in [0.29, 0.717) is 50.6 Å². The van der Waals surface area contributed by atoms with E-state index >= 15 is 0 Å². The van der Waals surface area contributed by atoms with Crippen molar-refractivity contribution in [3.63, 3.8) is 0 Å². The van der Waals surface area contributed by atoms with Crippen LogP contribution < -0.4 is 21.3 Å². The lowest BCUT2D eigenvalue weighted by Crippen LogP contribution is -2.28. The maximum Gasteiger partial charge on any atom is 0.394 e. The van der Waals surface area contributed by atoms with Crippen LogP contribution in [0.3, 0.4) is 0 Å². The van der Waals surface area contributed by atoms with Gasteiger partial charge in [-0.15, -0.1) is 0 Å². The van der Waals surface area contributed by atoms with Crippen molar-refractivity contribution in [2.45, 2.75) is 0 Å². The van der Waals surface area contributed by atoms with Crippen LogP contribution in [0.5, 0.6) is 11.5 Å². The monoisotopic (exact) mass is 542 g/mol. The first kappa shape index (κ1) is 29.9. The first-order valence-corrected chi connectivity index (χ1v) is 12.5. The number of hydrogen-bond donors (Lipinski definition) is 10. The van der Waals surface area contributed by atoms with Crippen molar-refractivity contribution >= 4 is 33.3 Å². The van der Waals surface area contributed by atoms with Crippen LogP contribution in [0.2, 0.25) is 0 Å². The maximum atomic E-state index is 13.4. The number of phenolic OH excluding ortho intramolecular Hbond substituents is 2. The Morgan fingerprint density at radius 3 is 1.27 bits per heavy atom. The van der Waals surface area contributed by atoms with Gasteiger partial charge in [0.25, 0.3) is 0 Å². The van der Waals surface area contributed by atoms with Crippen molar-refractivity contribution in [2.24, 2.45) is 0 Å². The minimum absolute atomic E-state index is 0.00939. The highest BCUT2D eigenvalue weighted by Crippen LogP contribution is 2.42. The second-order valence-corrected chi connectivity index (χ2v) is 8.57. The fourth-order valence-corrected chi connectivity index (χ4v) is 3.64. The Morgan fingerprint density at radius 2 is 0.946 bits per heavy atom. The van der Waals surface area contributed by atoms with Crippen LogP contribution in [0.25, 0.3) is 0 Å². The summed E-state index contributed by atoms with van der Waals surface area (Å²) in [6, 6.07) is 5.74. The summed E-state index contributed by atoms with van der Waals surface area (Å²) in [5.41, 5.74) is 0.678. The Morgan fingerprint density at radius 1 is 0.595 bits per heavy atom. The lowest BCUT2D eigenvalue weighted by Gasteiger charge is -2.25. The zero-order valence-corrected chi connectivity index (χ0v) is 20.5. The Balaban J connectivity index is 0.000000877. The predicted octanol–water partition coefficient (Wildman–Crippen LogP) is -0.792. The topological polar surface area (TPSA) is 238 Å². The number of carbonyl (C=O) groups is 2. The number of anilines is 2. The summed E-state index contributed by atoms with van der Waals surface area (Å²) >= 11 is 0. The molecule has 0 saturated heterocycles. The van der Waals surface area contributed by atoms with Crippen molar-refractivity contribution < 1.29 is 47.5 Å². The van der Waals surface area contributed by atoms with Crippen molar-refractivity contribution in [3.05, 3.63) is 46.5 Å². The largest absolute Gasteiger partial charge is 0.507 e. The van der Waals surface area contributed by atoms with Gasteiger partial charge in [-0.2, -0.15) is 8.42 Å². The van der Waals surface area contributed by atoms with Crippen LogP contribution in [0.4, 0.5) is 11.4 Å². The molecular weight excluding hydrogens is 512 g/mol. The number of nitrogens with one attached hydrogen (secondary N) is 4. The van der Waals surface area contributed by atoms with Gasteiger partial charge in [-0.3, -0.25) is 18.7 Å². The number of phenols is 2. The van der Waals surface area contributed by atoms with Gasteiger partial charge < -0.3 is 41.7 Å². The highest BCUT2D eigenvalue weighted by molar-refractivity contribution is 7.79. The van der Waals surface area contributed by atoms with Gasteiger partial charge in [0.1, 0.15) is 11.5 Å². The van der Waals surface area contributed by atoms with Crippen molar-refractivity contribution in [1.29, 1.82) is 0 Å². The number of benzene rings is 2. The summed E-state index contributed by atoms with van der Waals surface area (Å²) in [7, 11) is -4.67. The predicted molar refractivity (Wildman–Crippen MR) is 134 cm³/mol. The standard InChI is InChI=1S/C22H28N4O6.H2O4S/c27-11-9-23-5-7-25-13-1-2-14(26-8-6-24-10-12-28)18-17(13)21(31)19-15(29)3-4-16(30)20(19)22(18)32;1-5(2,3)4/h1-4,23-30H,5-12H2;(H2,1,2,3,4). The van der Waals surface area contributed by atoms with Gasteiger partial charge in [-0.25, -0.2) is 0 Å². The number of carbonyl (C=O) groups excluding carboxylic acids is 2. The van der Waals surface area contributed by atoms with E-state index in [2.05, 4.69) is 21.3 Å². The molecule has 204 valence electrons. The highest BCUT2D eigenvalue weighted by atomic mass is 32.3. The molecule has 14 nitrogen and oxygen atoms in total. The molecule has 0 bridgehead atoms. The molecule has 2 aromatic rings. The molecule has 0 radical (unpaired) electrons. The summed E-state index contributed by atoms with van der Waals surface area (Å²) in [5.74, 6) is -1.86. The van der Waals surface area contributed by atoms with Gasteiger partial charge in [-0.05, 0) is 24.3 Å². The minimum atomic E-state index is -4.67. The molecule has 0 heterocycles. The van der Waals surface area contributed by atoms with Crippen LogP contribution >= 0.6 is 0 Å². The summed E-state index contributed by atoms with van der Waals surface area (Å²) in [6.45, 7) is 2.81. The summed E-state index contributed by atoms with van der Waals surface area (Å²) < 4.78 is 31.6. The van der Waals surface area contributed by atoms with Gasteiger partial charge in [0.2, 0.25) is 11.6 Å². The number of rotatable bonds is 12. The zero-order chi connectivity index (χ0) is 27.6. The van der Waals surface area contributed by atoms with Crippen LogP contribution in [0.1, 0.15) is 31.8 Å². The quantitative estimate of drug-likeness (QED) is 0.0767. The molecule has 0 aliphatic heterocycles. The molecule has 0 atom stereocenters. The summed E-state index contributed by atoms with van der Waals surface area (Å²) in [4.78, 5) is 26.7. The van der Waals surface area contributed by atoms with Gasteiger partial charge in [0.05, 0.1) is 35.5 Å². The van der Waals surface area contributed by atoms with E-state index in [1.165, 1.54) is 12.1 Å². The first-order valence-electron chi connectivity index (χ1n) is 11.1. The van der Waals surface area contributed by atoms with Crippen LogP contribution in [-0.2, 0) is 10.4 Å². The van der Waals surface area contributed by atoms with Crippen molar-refractivity contribution in [3.8, 4) is 11.5 Å². The number of hydrogen-bond acceptors (Lipinski definition) is 12. The van der Waals surface area contributed by atoms with Gasteiger partial charge in [0, 0.05) is 50.6 Å². The Labute approximate surface area is 212 Å². The van der Waals surface area contributed by atoms with Crippen LogP contribution in [0.15, 0.2) is 24.3 Å². The molecule has 1 aliphatic rings. The summed E-state index contributed by atoms with van der Waals surface area (Å²) in [5, 5.41) is 50.6. The molecule has 0 unspecified atom stereocenters. The fourth-order valence-electron chi connectivity index (χ4n) is 3.64. The molecule has 37 heavy (non-hydrogen) atoms. The first-order chi connectivity index (χ1) is 17.5. The van der Waals surface area contributed by atoms with E-state index in [9.17, 15) is 19.8 Å². The minimum Gasteiger partial charge on any atom is -0.507 e. The number of fused-ring (bicyclic) bond motifs is 2. The van der Waals surface area contributed by atoms with Crippen LogP contribution in [0, 0.1) is 0 Å². The third kappa shape index (κ3) is 8.36. The van der Waals surface area contributed by atoms with E-state index in [0.717, 1.165) is 0 Å². The van der Waals surface area contributed by atoms with Gasteiger partial charge >= 0.3 is 10.4 Å². The van der Waals surface area contributed by atoms with E-state index in [-0.39, 0.29) is 47.0 Å². The van der Waals surface area contributed by atoms with E-state index < -0.39 is 22.0 Å². The van der Waals surface area contributed by atoms with Crippen molar-refractivity contribution in [1.82, 2.24) is 10.6 Å². The number of aliphatic hydroxyl groups excluding tert-OH is 2. The average molecular weight is 543 g/mol. The number of aromatic hydroxyl groups is 2. The molecule has 0 amide bonds. The van der Waals surface area contributed by atoms with E-state index in [1.807, 2.05) is 0 Å². The molecule has 0 aromatic heterocycles. The molecule has 0 fully saturated rings. The maximum absolute atomic E-state index is 13.4. The molecular formula is C22H30N4O10S. The second kappa shape index (κ2) is 13.8. The molecule has 3 rings (SSSR count). The molecule has 15 heteroatoms. The average Bonchev–Trinajstić information content (AvgIpc) is 2.82. The Kier molecular flexibility index (Phi) is 11.2. The SMILES string of the molecule is O=C1c2c(O)ccc(O)c2C(=O)c2c(NCCNCCO)ccc(NCCNCCO)c21.O=S(=O)(O)O. The molecule has 0 spiro atoms. The molecule has 1 aliphatic carbocycles. The third-order valence-corrected chi connectivity index (χ3v) is 5.09. The normalized spacial score (nSPS) is 12.3. The molecule has 2 aromatic carbocycles. The number of ketones is 2. The third-order valence-electron chi connectivity index (χ3n) is 5.09. The Bertz CT molecular complexity index is 1130. The Hall–Kier alpha value is -3.31. The lowest BCUT2D eigenvalue weighted by molar-refractivity contribution is 0.0975. The second-order valence-electron chi connectivity index (χ2n) is 7.67. The lowest BCUT2D eigenvalue weighted by atomic mass is 9.81. The van der Waals surface area contributed by atoms with Gasteiger partial charge in [-0.1, -0.05) is 0 Å². The molecule has 10 N–H and O–H groups in total. The van der Waals surface area contributed by atoms with Crippen LogP contribution in [-0.4, -0.2) is 102 Å². The fraction of sp³-hybridized carbons (Fsp3) is 0.364. The zero-order valence-electron chi connectivity index (χ0n) is 19.7. The smallest absolute Gasteiger partial charge is 0.394 e. The molecule has 0 saturated carbocycles. The summed E-state index contributed by atoms with van der Waals surface area (Å²) in [6.07, 6.45) is 0. The van der Waals surface area contributed by atoms with Gasteiger partial charge in [0.15, 0.2) is 0 Å². The highest BCUT2D eigenvalue weighted by Gasteiger charge is 2.37. The van der Waals surface area contributed by atoms with E-state index in [1.54, 1.807) is 12.1 Å². The van der Waals surface area contributed by atoms with Crippen molar-refractivity contribution in [2.75, 3.05) is 63.1 Å². The number of aliphatic hydroxyl groups is 2. The van der Waals surface area contributed by atoms with E-state index in [4.69, 9.17) is 27.7 Å².